The lowest BCUT2D eigenvalue weighted by atomic mass is 9.85. The number of rotatable bonds is 4. The quantitative estimate of drug-likeness (QED) is 0.824. The molecule has 1 amide bonds. The van der Waals surface area contributed by atoms with Gasteiger partial charge < -0.3 is 10.3 Å². The van der Waals surface area contributed by atoms with Crippen molar-refractivity contribution in [1.29, 1.82) is 0 Å². The van der Waals surface area contributed by atoms with Crippen molar-refractivity contribution < 1.29 is 4.79 Å². The van der Waals surface area contributed by atoms with Crippen molar-refractivity contribution in [2.75, 3.05) is 5.88 Å². The van der Waals surface area contributed by atoms with Crippen LogP contribution in [0.2, 0.25) is 0 Å². The number of aromatic amines is 1. The summed E-state index contributed by atoms with van der Waals surface area (Å²) in [4.78, 5) is 26.3. The van der Waals surface area contributed by atoms with Crippen LogP contribution >= 0.6 is 11.6 Å². The Kier molecular flexibility index (Phi) is 4.96. The van der Waals surface area contributed by atoms with Gasteiger partial charge in [-0.25, -0.2) is 0 Å². The summed E-state index contributed by atoms with van der Waals surface area (Å²) in [5.74, 6) is 0.106. The zero-order valence-corrected chi connectivity index (χ0v) is 11.7. The van der Waals surface area contributed by atoms with Gasteiger partial charge in [0.15, 0.2) is 5.43 Å². The molecule has 0 aromatic carbocycles. The zero-order valence-electron chi connectivity index (χ0n) is 10.9. The summed E-state index contributed by atoms with van der Waals surface area (Å²) >= 11 is 5.74. The van der Waals surface area contributed by atoms with Crippen LogP contribution in [0.3, 0.4) is 0 Å². The lowest BCUT2D eigenvalue weighted by Gasteiger charge is -2.31. The van der Waals surface area contributed by atoms with Gasteiger partial charge in [-0.1, -0.05) is 20.8 Å². The van der Waals surface area contributed by atoms with E-state index in [-0.39, 0.29) is 28.4 Å². The summed E-state index contributed by atoms with van der Waals surface area (Å²) in [7, 11) is 0. The monoisotopic (exact) mass is 270 g/mol. The third-order valence-electron chi connectivity index (χ3n) is 2.82. The summed E-state index contributed by atoms with van der Waals surface area (Å²) in [5.41, 5.74) is -0.266. The number of hydrogen-bond donors (Lipinski definition) is 2. The van der Waals surface area contributed by atoms with Gasteiger partial charge in [0.25, 0.3) is 5.91 Å². The van der Waals surface area contributed by atoms with E-state index in [2.05, 4.69) is 10.3 Å². The van der Waals surface area contributed by atoms with Crippen LogP contribution in [0.25, 0.3) is 0 Å². The third-order valence-corrected chi connectivity index (χ3v) is 3.04. The molecule has 0 aliphatic rings. The van der Waals surface area contributed by atoms with Crippen molar-refractivity contribution in [1.82, 2.24) is 10.3 Å². The van der Waals surface area contributed by atoms with Crippen LogP contribution in [0, 0.1) is 5.41 Å². The summed E-state index contributed by atoms with van der Waals surface area (Å²) < 4.78 is 0. The summed E-state index contributed by atoms with van der Waals surface area (Å²) in [6, 6.07) is 1.27. The third kappa shape index (κ3) is 3.88. The highest BCUT2D eigenvalue weighted by atomic mass is 35.5. The molecular weight excluding hydrogens is 252 g/mol. The van der Waals surface area contributed by atoms with Gasteiger partial charge in [-0.3, -0.25) is 9.59 Å². The van der Waals surface area contributed by atoms with Crippen LogP contribution in [0.4, 0.5) is 0 Å². The van der Waals surface area contributed by atoms with Gasteiger partial charge in [0.1, 0.15) is 5.56 Å². The first-order valence-electron chi connectivity index (χ1n) is 5.90. The predicted molar refractivity (Wildman–Crippen MR) is 73.1 cm³/mol. The normalized spacial score (nSPS) is 13.1. The number of nitrogens with one attached hydrogen (secondary N) is 2. The van der Waals surface area contributed by atoms with E-state index >= 15 is 0 Å². The summed E-state index contributed by atoms with van der Waals surface area (Å²) in [6.07, 6.45) is 3.58. The minimum absolute atomic E-state index is 0.0675. The van der Waals surface area contributed by atoms with E-state index in [9.17, 15) is 9.59 Å². The van der Waals surface area contributed by atoms with Gasteiger partial charge in [-0.15, -0.1) is 11.6 Å². The Labute approximate surface area is 112 Å². The standard InChI is InChI=1S/C13H19ClN2O2/c1-13(2,3)11(4-6-14)16-12(18)9-8-15-7-5-10(9)17/h5,7-8,11H,4,6H2,1-3H3,(H,15,17)(H,16,18). The van der Waals surface area contributed by atoms with Gasteiger partial charge in [0.05, 0.1) is 0 Å². The molecule has 0 aliphatic carbocycles. The minimum atomic E-state index is -0.359. The van der Waals surface area contributed by atoms with Gasteiger partial charge >= 0.3 is 0 Å². The van der Waals surface area contributed by atoms with Gasteiger partial charge in [-0.2, -0.15) is 0 Å². The maximum atomic E-state index is 12.0. The second-order valence-electron chi connectivity index (χ2n) is 5.29. The fraction of sp³-hybridized carbons (Fsp3) is 0.538. The molecule has 0 radical (unpaired) electrons. The Morgan fingerprint density at radius 2 is 2.17 bits per heavy atom. The molecule has 1 unspecified atom stereocenters. The molecule has 0 spiro atoms. The zero-order chi connectivity index (χ0) is 13.8. The molecule has 0 aliphatic heterocycles. The molecule has 0 bridgehead atoms. The molecule has 18 heavy (non-hydrogen) atoms. The molecule has 100 valence electrons. The van der Waals surface area contributed by atoms with Crippen molar-refractivity contribution in [2.45, 2.75) is 33.2 Å². The number of amides is 1. The molecule has 2 N–H and O–H groups in total. The number of alkyl halides is 1. The maximum Gasteiger partial charge on any atom is 0.256 e. The van der Waals surface area contributed by atoms with E-state index in [0.29, 0.717) is 12.3 Å². The van der Waals surface area contributed by atoms with Crippen molar-refractivity contribution in [2.24, 2.45) is 5.41 Å². The van der Waals surface area contributed by atoms with Crippen LogP contribution in [-0.4, -0.2) is 22.8 Å². The number of carbonyl (C=O) groups excluding carboxylic acids is 1. The summed E-state index contributed by atoms with van der Waals surface area (Å²) in [5, 5.41) is 2.87. The molecule has 1 rings (SSSR count). The Morgan fingerprint density at radius 3 is 2.67 bits per heavy atom. The topological polar surface area (TPSA) is 62.0 Å². The highest BCUT2D eigenvalue weighted by molar-refractivity contribution is 6.17. The van der Waals surface area contributed by atoms with Crippen LogP contribution < -0.4 is 10.7 Å². The van der Waals surface area contributed by atoms with Gasteiger partial charge in [-0.05, 0) is 11.8 Å². The smallest absolute Gasteiger partial charge is 0.256 e. The lowest BCUT2D eigenvalue weighted by Crippen LogP contribution is -2.45. The van der Waals surface area contributed by atoms with Crippen LogP contribution in [0.5, 0.6) is 0 Å². The van der Waals surface area contributed by atoms with Crippen molar-refractivity contribution in [3.8, 4) is 0 Å². The Morgan fingerprint density at radius 1 is 1.50 bits per heavy atom. The molecule has 5 heteroatoms. The second kappa shape index (κ2) is 6.05. The molecule has 1 heterocycles. The fourth-order valence-corrected chi connectivity index (χ4v) is 1.88. The number of H-pyrrole nitrogens is 1. The number of aromatic nitrogens is 1. The van der Waals surface area contributed by atoms with Gasteiger partial charge in [0.2, 0.25) is 0 Å². The second-order valence-corrected chi connectivity index (χ2v) is 5.67. The van der Waals surface area contributed by atoms with E-state index in [4.69, 9.17) is 11.6 Å². The average molecular weight is 271 g/mol. The number of pyridine rings is 1. The largest absolute Gasteiger partial charge is 0.367 e. The maximum absolute atomic E-state index is 12.0. The molecular formula is C13H19ClN2O2. The van der Waals surface area contributed by atoms with Crippen molar-refractivity contribution in [3.63, 3.8) is 0 Å². The molecule has 0 saturated carbocycles. The van der Waals surface area contributed by atoms with E-state index in [1.807, 2.05) is 20.8 Å². The first-order valence-corrected chi connectivity index (χ1v) is 6.43. The first-order chi connectivity index (χ1) is 8.36. The summed E-state index contributed by atoms with van der Waals surface area (Å²) in [6.45, 7) is 6.08. The number of hydrogen-bond acceptors (Lipinski definition) is 2. The van der Waals surface area contributed by atoms with Crippen molar-refractivity contribution >= 4 is 17.5 Å². The first kappa shape index (κ1) is 14.8. The molecule has 1 aromatic rings. The highest BCUT2D eigenvalue weighted by Crippen LogP contribution is 2.22. The number of halogens is 1. The minimum Gasteiger partial charge on any atom is -0.367 e. The highest BCUT2D eigenvalue weighted by Gasteiger charge is 2.26. The van der Waals surface area contributed by atoms with Gasteiger partial charge in [0, 0.05) is 30.4 Å². The fourth-order valence-electron chi connectivity index (χ4n) is 1.66. The Bertz CT molecular complexity index is 463. The molecule has 4 nitrogen and oxygen atoms in total. The lowest BCUT2D eigenvalue weighted by molar-refractivity contribution is 0.0899. The predicted octanol–water partition coefficient (Wildman–Crippen LogP) is 2.15. The molecule has 1 aromatic heterocycles. The van der Waals surface area contributed by atoms with E-state index < -0.39 is 0 Å². The van der Waals surface area contributed by atoms with E-state index in [0.717, 1.165) is 0 Å². The molecule has 1 atom stereocenters. The Hall–Kier alpha value is -1.29. The Balaban J connectivity index is 2.86. The molecule has 0 saturated heterocycles. The SMILES string of the molecule is CC(C)(C)C(CCCl)NC(=O)c1c[nH]ccc1=O. The number of carbonyl (C=O) groups is 1. The van der Waals surface area contributed by atoms with Crippen LogP contribution in [-0.2, 0) is 0 Å². The van der Waals surface area contributed by atoms with E-state index in [1.165, 1.54) is 18.5 Å². The van der Waals surface area contributed by atoms with Crippen molar-refractivity contribution in [3.05, 3.63) is 34.2 Å². The van der Waals surface area contributed by atoms with Crippen LogP contribution in [0.15, 0.2) is 23.3 Å². The average Bonchev–Trinajstić information content (AvgIpc) is 2.27. The van der Waals surface area contributed by atoms with E-state index in [1.54, 1.807) is 0 Å². The molecule has 0 fully saturated rings. The van der Waals surface area contributed by atoms with Crippen LogP contribution in [0.1, 0.15) is 37.6 Å².